The average molecular weight is 339 g/mol. The van der Waals surface area contributed by atoms with Crippen molar-refractivity contribution in [3.05, 3.63) is 0 Å². The second-order valence-corrected chi connectivity index (χ2v) is 5.93. The molecule has 0 aromatic carbocycles. The molecule has 0 rings (SSSR count). The van der Waals surface area contributed by atoms with E-state index in [1.807, 2.05) is 0 Å². The van der Waals surface area contributed by atoms with Crippen LogP contribution in [0.25, 0.3) is 0 Å². The van der Waals surface area contributed by atoms with Crippen LogP contribution in [0.1, 0.15) is 84.0 Å². The van der Waals surface area contributed by atoms with Gasteiger partial charge in [0.05, 0.1) is 0 Å². The van der Waals surface area contributed by atoms with Crippen LogP contribution in [0.5, 0.6) is 0 Å². The van der Waals surface area contributed by atoms with Gasteiger partial charge in [0.1, 0.15) is 6.54 Å². The van der Waals surface area contributed by atoms with Crippen LogP contribution in [-0.2, 0) is 9.59 Å². The van der Waals surface area contributed by atoms with Gasteiger partial charge >= 0.3 is 5.97 Å². The Morgan fingerprint density at radius 2 is 1.23 bits per heavy atom. The number of nitrogens with zero attached hydrogens (tertiary/aromatic N) is 1. The summed E-state index contributed by atoms with van der Waals surface area (Å²) in [6.45, 7) is 2.04. The van der Waals surface area contributed by atoms with Crippen molar-refractivity contribution in [3.63, 3.8) is 0 Å². The molecule has 22 heavy (non-hydrogen) atoms. The van der Waals surface area contributed by atoms with Crippen LogP contribution >= 0.6 is 0 Å². The Kier molecular flexibility index (Phi) is 20.2. The summed E-state index contributed by atoms with van der Waals surface area (Å²) in [5.41, 5.74) is 0. The topological polar surface area (TPSA) is 57.6 Å². The van der Waals surface area contributed by atoms with Gasteiger partial charge in [-0.1, -0.05) is 71.1 Å². The molecule has 0 bridgehead atoms. The van der Waals surface area contributed by atoms with E-state index in [4.69, 9.17) is 5.11 Å². The molecule has 1 amide bonds. The second kappa shape index (κ2) is 17.9. The first-order chi connectivity index (χ1) is 10.1. The molecule has 4 nitrogen and oxygen atoms in total. The second-order valence-electron chi connectivity index (χ2n) is 5.93. The quantitative estimate of drug-likeness (QED) is 0.386. The molecule has 0 atom stereocenters. The van der Waals surface area contributed by atoms with Crippen molar-refractivity contribution in [2.24, 2.45) is 0 Å². The first kappa shape index (κ1) is 24.8. The third-order valence-corrected chi connectivity index (χ3v) is 3.79. The molecule has 0 unspecified atom stereocenters. The van der Waals surface area contributed by atoms with Crippen LogP contribution in [-0.4, -0.2) is 86.9 Å². The number of carbonyl (C=O) groups is 2. The van der Waals surface area contributed by atoms with Crippen LogP contribution in [0.4, 0.5) is 0 Å². The minimum absolute atomic E-state index is 0. The third-order valence-electron chi connectivity index (χ3n) is 3.79. The van der Waals surface area contributed by atoms with E-state index in [0.29, 0.717) is 6.42 Å². The molecule has 0 spiro atoms. The first-order valence-corrected chi connectivity index (χ1v) is 8.53. The van der Waals surface area contributed by atoms with E-state index in [-0.39, 0.29) is 63.8 Å². The standard InChI is InChI=1S/C17H33NO3.K/c1-3-4-5-6-7-8-9-10-11-12-13-14-16(19)18(2)15-17(20)21;/h3-15H2,1-2H3,(H,20,21);. The van der Waals surface area contributed by atoms with Crippen molar-refractivity contribution in [2.75, 3.05) is 13.6 Å². The van der Waals surface area contributed by atoms with Crippen molar-refractivity contribution in [2.45, 2.75) is 84.0 Å². The van der Waals surface area contributed by atoms with Crippen LogP contribution in [0.2, 0.25) is 0 Å². The predicted octanol–water partition coefficient (Wildman–Crippen LogP) is 3.85. The van der Waals surface area contributed by atoms with Crippen LogP contribution in [0.15, 0.2) is 0 Å². The van der Waals surface area contributed by atoms with Gasteiger partial charge in [0, 0.05) is 64.9 Å². The van der Waals surface area contributed by atoms with Gasteiger partial charge < -0.3 is 10.0 Å². The van der Waals surface area contributed by atoms with Gasteiger partial charge in [-0.15, -0.1) is 0 Å². The summed E-state index contributed by atoms with van der Waals surface area (Å²) in [4.78, 5) is 23.4. The van der Waals surface area contributed by atoms with Gasteiger partial charge in [-0.2, -0.15) is 0 Å². The fourth-order valence-electron chi connectivity index (χ4n) is 2.42. The molecule has 1 N–H and O–H groups in total. The Bertz CT molecular complexity index is 285. The molecule has 0 heterocycles. The first-order valence-electron chi connectivity index (χ1n) is 8.53. The number of likely N-dealkylation sites (N-methyl/N-ethyl adjacent to an activating group) is 1. The van der Waals surface area contributed by atoms with Crippen molar-refractivity contribution in [1.29, 1.82) is 0 Å². The summed E-state index contributed by atoms with van der Waals surface area (Å²) in [7, 11) is 1.55. The molecule has 1 radical (unpaired) electrons. The maximum Gasteiger partial charge on any atom is 0.323 e. The number of amides is 1. The fourth-order valence-corrected chi connectivity index (χ4v) is 2.42. The molecule has 5 heteroatoms. The largest absolute Gasteiger partial charge is 0.480 e. The molecule has 0 aliphatic heterocycles. The Hall–Kier alpha value is 0.576. The minimum Gasteiger partial charge on any atom is -0.480 e. The molecule has 0 aliphatic carbocycles. The van der Waals surface area contributed by atoms with E-state index >= 15 is 0 Å². The molecule has 0 aliphatic rings. The summed E-state index contributed by atoms with van der Waals surface area (Å²) in [5.74, 6) is -1.02. The Balaban J connectivity index is 0. The molecule has 0 saturated carbocycles. The summed E-state index contributed by atoms with van der Waals surface area (Å²) >= 11 is 0. The SMILES string of the molecule is CCCCCCCCCCCCCC(=O)N(C)CC(=O)O.[K]. The van der Waals surface area contributed by atoms with Crippen LogP contribution < -0.4 is 0 Å². The van der Waals surface area contributed by atoms with Gasteiger partial charge in [0.2, 0.25) is 5.91 Å². The molecule has 0 aromatic heterocycles. The molecule has 0 fully saturated rings. The molecular weight excluding hydrogens is 305 g/mol. The molecule has 125 valence electrons. The number of unbranched alkanes of at least 4 members (excludes halogenated alkanes) is 10. The van der Waals surface area contributed by atoms with Crippen molar-refractivity contribution < 1.29 is 14.7 Å². The predicted molar refractivity (Wildman–Crippen MR) is 92.1 cm³/mol. The van der Waals surface area contributed by atoms with Gasteiger partial charge in [-0.3, -0.25) is 9.59 Å². The Morgan fingerprint density at radius 1 is 0.818 bits per heavy atom. The summed E-state index contributed by atoms with van der Waals surface area (Å²) in [6, 6.07) is 0. The summed E-state index contributed by atoms with van der Waals surface area (Å²) < 4.78 is 0. The van der Waals surface area contributed by atoms with Gasteiger partial charge in [-0.25, -0.2) is 0 Å². The van der Waals surface area contributed by atoms with E-state index in [1.54, 1.807) is 7.05 Å². The number of carboxylic acid groups (broad SMARTS) is 1. The normalized spacial score (nSPS) is 10.1. The van der Waals surface area contributed by atoms with Crippen molar-refractivity contribution >= 4 is 63.3 Å². The van der Waals surface area contributed by atoms with Gasteiger partial charge in [0.25, 0.3) is 0 Å². The third kappa shape index (κ3) is 16.9. The maximum absolute atomic E-state index is 11.6. The van der Waals surface area contributed by atoms with Crippen LogP contribution in [0.3, 0.4) is 0 Å². The number of carboxylic acids is 1. The fraction of sp³-hybridized carbons (Fsp3) is 0.882. The van der Waals surface area contributed by atoms with E-state index in [9.17, 15) is 9.59 Å². The summed E-state index contributed by atoms with van der Waals surface area (Å²) in [5, 5.41) is 8.60. The van der Waals surface area contributed by atoms with Gasteiger partial charge in [-0.05, 0) is 6.42 Å². The van der Waals surface area contributed by atoms with Crippen LogP contribution in [0, 0.1) is 0 Å². The van der Waals surface area contributed by atoms with E-state index < -0.39 is 5.97 Å². The van der Waals surface area contributed by atoms with Crippen molar-refractivity contribution in [1.82, 2.24) is 4.90 Å². The Labute approximate surface area is 178 Å². The zero-order valence-electron chi connectivity index (χ0n) is 14.9. The monoisotopic (exact) mass is 338 g/mol. The smallest absolute Gasteiger partial charge is 0.323 e. The zero-order chi connectivity index (χ0) is 15.9. The average Bonchev–Trinajstić information content (AvgIpc) is 2.43. The zero-order valence-corrected chi connectivity index (χ0v) is 18.0. The van der Waals surface area contributed by atoms with E-state index in [0.717, 1.165) is 12.8 Å². The number of carbonyl (C=O) groups excluding carboxylic acids is 1. The van der Waals surface area contributed by atoms with Gasteiger partial charge in [0.15, 0.2) is 0 Å². The van der Waals surface area contributed by atoms with E-state index in [1.165, 1.54) is 62.7 Å². The molecule has 0 aromatic rings. The number of aliphatic carboxylic acids is 1. The Morgan fingerprint density at radius 3 is 1.64 bits per heavy atom. The number of rotatable bonds is 14. The van der Waals surface area contributed by atoms with E-state index in [2.05, 4.69) is 6.92 Å². The summed E-state index contributed by atoms with van der Waals surface area (Å²) in [6.07, 6.45) is 14.3. The number of hydrogen-bond acceptors (Lipinski definition) is 2. The molecular formula is C17H33KNO3. The molecule has 0 saturated heterocycles. The number of hydrogen-bond donors (Lipinski definition) is 1. The van der Waals surface area contributed by atoms with Crippen molar-refractivity contribution in [3.8, 4) is 0 Å². The maximum atomic E-state index is 11.6. The minimum atomic E-state index is -0.954.